The Morgan fingerprint density at radius 2 is 2.07 bits per heavy atom. The zero-order chi connectivity index (χ0) is 11.1. The Kier molecular flexibility index (Phi) is 5.21. The standard InChI is InChI=1S/C9H12O5/c1-3-7(10)6(9(12)13)5-8(11)14-4-2/h3,6H,1,4-5H2,2H3,(H,12,13). The van der Waals surface area contributed by atoms with Crippen LogP contribution in [0.25, 0.3) is 0 Å². The molecule has 0 fully saturated rings. The second-order valence-electron chi connectivity index (χ2n) is 2.51. The molecule has 0 aromatic heterocycles. The van der Waals surface area contributed by atoms with E-state index in [1.54, 1.807) is 6.92 Å². The number of esters is 1. The average Bonchev–Trinajstić information content (AvgIpc) is 2.13. The fraction of sp³-hybridized carbons (Fsp3) is 0.444. The summed E-state index contributed by atoms with van der Waals surface area (Å²) in [7, 11) is 0. The van der Waals surface area contributed by atoms with Crippen molar-refractivity contribution < 1.29 is 24.2 Å². The molecule has 0 radical (unpaired) electrons. The maximum absolute atomic E-state index is 11.0. The fourth-order valence-corrected chi connectivity index (χ4v) is 0.838. The SMILES string of the molecule is C=CC(=O)C(CC(=O)OCC)C(=O)O. The Labute approximate surface area is 81.4 Å². The van der Waals surface area contributed by atoms with Crippen LogP contribution in [-0.2, 0) is 19.1 Å². The third-order valence-electron chi connectivity index (χ3n) is 1.52. The number of hydrogen-bond acceptors (Lipinski definition) is 4. The number of carbonyl (C=O) groups excluding carboxylic acids is 2. The molecule has 0 spiro atoms. The maximum Gasteiger partial charge on any atom is 0.315 e. The quantitative estimate of drug-likeness (QED) is 0.381. The lowest BCUT2D eigenvalue weighted by Crippen LogP contribution is -2.26. The van der Waals surface area contributed by atoms with E-state index in [0.717, 1.165) is 6.08 Å². The van der Waals surface area contributed by atoms with Crippen LogP contribution in [0.5, 0.6) is 0 Å². The van der Waals surface area contributed by atoms with Crippen LogP contribution in [0.2, 0.25) is 0 Å². The molecule has 0 amide bonds. The van der Waals surface area contributed by atoms with Gasteiger partial charge in [-0.05, 0) is 13.0 Å². The van der Waals surface area contributed by atoms with Gasteiger partial charge in [0.05, 0.1) is 13.0 Å². The lowest BCUT2D eigenvalue weighted by molar-refractivity contribution is -0.153. The van der Waals surface area contributed by atoms with Gasteiger partial charge in [-0.15, -0.1) is 0 Å². The van der Waals surface area contributed by atoms with Gasteiger partial charge in [0.15, 0.2) is 5.78 Å². The molecule has 78 valence electrons. The van der Waals surface area contributed by atoms with Gasteiger partial charge < -0.3 is 9.84 Å². The van der Waals surface area contributed by atoms with E-state index in [1.807, 2.05) is 0 Å². The van der Waals surface area contributed by atoms with Crippen molar-refractivity contribution in [2.45, 2.75) is 13.3 Å². The molecule has 0 rings (SSSR count). The Balaban J connectivity index is 4.38. The van der Waals surface area contributed by atoms with E-state index in [4.69, 9.17) is 5.11 Å². The lowest BCUT2D eigenvalue weighted by atomic mass is 10.0. The van der Waals surface area contributed by atoms with Gasteiger partial charge in [-0.2, -0.15) is 0 Å². The van der Waals surface area contributed by atoms with Crippen LogP contribution in [0.1, 0.15) is 13.3 Å². The summed E-state index contributed by atoms with van der Waals surface area (Å²) in [5, 5.41) is 8.62. The van der Waals surface area contributed by atoms with E-state index in [2.05, 4.69) is 11.3 Å². The number of carboxylic acids is 1. The number of rotatable bonds is 6. The molecule has 0 heterocycles. The first-order valence-corrected chi connectivity index (χ1v) is 4.07. The highest BCUT2D eigenvalue weighted by atomic mass is 16.5. The highest BCUT2D eigenvalue weighted by molar-refractivity contribution is 6.06. The molecule has 1 N–H and O–H groups in total. The van der Waals surface area contributed by atoms with Gasteiger partial charge in [0.1, 0.15) is 5.92 Å². The predicted molar refractivity (Wildman–Crippen MR) is 47.6 cm³/mol. The summed E-state index contributed by atoms with van der Waals surface area (Å²) >= 11 is 0. The van der Waals surface area contributed by atoms with Gasteiger partial charge in [-0.3, -0.25) is 14.4 Å². The van der Waals surface area contributed by atoms with Gasteiger partial charge in [0.25, 0.3) is 0 Å². The zero-order valence-electron chi connectivity index (χ0n) is 7.86. The van der Waals surface area contributed by atoms with Crippen molar-refractivity contribution in [2.75, 3.05) is 6.61 Å². The minimum Gasteiger partial charge on any atom is -0.481 e. The third kappa shape index (κ3) is 3.84. The van der Waals surface area contributed by atoms with E-state index in [-0.39, 0.29) is 6.61 Å². The molecule has 1 unspecified atom stereocenters. The van der Waals surface area contributed by atoms with Crippen LogP contribution in [0, 0.1) is 5.92 Å². The van der Waals surface area contributed by atoms with E-state index < -0.39 is 30.1 Å². The highest BCUT2D eigenvalue weighted by Crippen LogP contribution is 2.07. The number of allylic oxidation sites excluding steroid dienone is 1. The zero-order valence-corrected chi connectivity index (χ0v) is 7.86. The second kappa shape index (κ2) is 5.90. The van der Waals surface area contributed by atoms with Crippen molar-refractivity contribution in [1.82, 2.24) is 0 Å². The molecule has 0 aliphatic heterocycles. The number of carboxylic acid groups (broad SMARTS) is 1. The topological polar surface area (TPSA) is 80.7 Å². The Morgan fingerprint density at radius 3 is 2.43 bits per heavy atom. The summed E-state index contributed by atoms with van der Waals surface area (Å²) in [6, 6.07) is 0. The molecule has 0 aromatic rings. The van der Waals surface area contributed by atoms with E-state index >= 15 is 0 Å². The van der Waals surface area contributed by atoms with Crippen molar-refractivity contribution >= 4 is 17.7 Å². The van der Waals surface area contributed by atoms with Crippen molar-refractivity contribution in [2.24, 2.45) is 5.92 Å². The first-order valence-electron chi connectivity index (χ1n) is 4.07. The van der Waals surface area contributed by atoms with Crippen molar-refractivity contribution in [3.05, 3.63) is 12.7 Å². The molecule has 0 saturated carbocycles. The minimum absolute atomic E-state index is 0.160. The Morgan fingerprint density at radius 1 is 1.50 bits per heavy atom. The summed E-state index contributed by atoms with van der Waals surface area (Å²) < 4.78 is 4.53. The van der Waals surface area contributed by atoms with Crippen LogP contribution >= 0.6 is 0 Å². The predicted octanol–water partition coefficient (Wildman–Crippen LogP) is 0.395. The van der Waals surface area contributed by atoms with E-state index in [1.165, 1.54) is 0 Å². The Bertz CT molecular complexity index is 256. The van der Waals surface area contributed by atoms with E-state index in [0.29, 0.717) is 0 Å². The average molecular weight is 200 g/mol. The van der Waals surface area contributed by atoms with E-state index in [9.17, 15) is 14.4 Å². The van der Waals surface area contributed by atoms with Gasteiger partial charge >= 0.3 is 11.9 Å². The molecule has 5 heteroatoms. The molecule has 1 atom stereocenters. The molecule has 0 aliphatic carbocycles. The van der Waals surface area contributed by atoms with Gasteiger partial charge in [-0.1, -0.05) is 6.58 Å². The van der Waals surface area contributed by atoms with Crippen LogP contribution in [0.3, 0.4) is 0 Å². The molecule has 0 saturated heterocycles. The summed E-state index contributed by atoms with van der Waals surface area (Å²) in [4.78, 5) is 32.5. The first kappa shape index (κ1) is 12.3. The smallest absolute Gasteiger partial charge is 0.315 e. The normalized spacial score (nSPS) is 11.5. The first-order chi connectivity index (χ1) is 6.52. The van der Waals surface area contributed by atoms with Crippen LogP contribution in [0.15, 0.2) is 12.7 Å². The lowest BCUT2D eigenvalue weighted by Gasteiger charge is -2.07. The third-order valence-corrected chi connectivity index (χ3v) is 1.52. The van der Waals surface area contributed by atoms with Gasteiger partial charge in [0.2, 0.25) is 0 Å². The number of ketones is 1. The highest BCUT2D eigenvalue weighted by Gasteiger charge is 2.27. The van der Waals surface area contributed by atoms with Gasteiger partial charge in [0, 0.05) is 0 Å². The summed E-state index contributed by atoms with van der Waals surface area (Å²) in [5.74, 6) is -4.12. The van der Waals surface area contributed by atoms with Crippen LogP contribution in [0.4, 0.5) is 0 Å². The molecule has 5 nitrogen and oxygen atoms in total. The van der Waals surface area contributed by atoms with Crippen molar-refractivity contribution in [3.63, 3.8) is 0 Å². The van der Waals surface area contributed by atoms with Crippen LogP contribution < -0.4 is 0 Å². The molecular weight excluding hydrogens is 188 g/mol. The number of hydrogen-bond donors (Lipinski definition) is 1. The summed E-state index contributed by atoms with van der Waals surface area (Å²) in [5.41, 5.74) is 0. The largest absolute Gasteiger partial charge is 0.481 e. The summed E-state index contributed by atoms with van der Waals surface area (Å²) in [6.07, 6.45) is 0.437. The maximum atomic E-state index is 11.0. The fourth-order valence-electron chi connectivity index (χ4n) is 0.838. The monoisotopic (exact) mass is 200 g/mol. The molecule has 0 bridgehead atoms. The van der Waals surface area contributed by atoms with Gasteiger partial charge in [-0.25, -0.2) is 0 Å². The van der Waals surface area contributed by atoms with Crippen LogP contribution in [-0.4, -0.2) is 29.4 Å². The second-order valence-corrected chi connectivity index (χ2v) is 2.51. The summed E-state index contributed by atoms with van der Waals surface area (Å²) in [6.45, 7) is 4.91. The number of carbonyl (C=O) groups is 3. The molecular formula is C9H12O5. The molecule has 0 aliphatic rings. The molecule has 14 heavy (non-hydrogen) atoms. The van der Waals surface area contributed by atoms with Crippen molar-refractivity contribution in [3.8, 4) is 0 Å². The number of ether oxygens (including phenoxy) is 1. The minimum atomic E-state index is -1.38. The Hall–Kier alpha value is -1.65. The van der Waals surface area contributed by atoms with Crippen molar-refractivity contribution in [1.29, 1.82) is 0 Å². The molecule has 0 aromatic carbocycles. The number of aliphatic carboxylic acids is 1.